The molecule has 2 aromatic carbocycles. The highest BCUT2D eigenvalue weighted by Gasteiger charge is 2.18. The van der Waals surface area contributed by atoms with Crippen LogP contribution in [0.5, 0.6) is 0 Å². The first-order valence-electron chi connectivity index (χ1n) is 12.6. The Morgan fingerprint density at radius 1 is 0.925 bits per heavy atom. The van der Waals surface area contributed by atoms with Crippen LogP contribution in [0.15, 0.2) is 85.5 Å². The van der Waals surface area contributed by atoms with Gasteiger partial charge in [-0.3, -0.25) is 9.59 Å². The molecule has 1 aliphatic rings. The van der Waals surface area contributed by atoms with Gasteiger partial charge in [-0.2, -0.15) is 0 Å². The molecule has 4 heterocycles. The van der Waals surface area contributed by atoms with Crippen molar-refractivity contribution in [2.24, 2.45) is 0 Å². The van der Waals surface area contributed by atoms with Crippen molar-refractivity contribution in [2.75, 3.05) is 36.9 Å². The predicted molar refractivity (Wildman–Crippen MR) is 152 cm³/mol. The number of morpholine rings is 1. The molecule has 11 heteroatoms. The lowest BCUT2D eigenvalue weighted by Gasteiger charge is -2.26. The summed E-state index contributed by atoms with van der Waals surface area (Å²) in [4.78, 5) is 40.5. The Hall–Kier alpha value is -4.80. The molecule has 2 amide bonds. The van der Waals surface area contributed by atoms with E-state index in [1.807, 2.05) is 47.1 Å². The zero-order valence-corrected chi connectivity index (χ0v) is 22.0. The van der Waals surface area contributed by atoms with Crippen molar-refractivity contribution in [1.29, 1.82) is 0 Å². The molecule has 0 saturated carbocycles. The van der Waals surface area contributed by atoms with Gasteiger partial charge in [0.2, 0.25) is 0 Å². The highest BCUT2D eigenvalue weighted by molar-refractivity contribution is 6.29. The van der Waals surface area contributed by atoms with Gasteiger partial charge in [0.1, 0.15) is 5.15 Å². The van der Waals surface area contributed by atoms with E-state index in [4.69, 9.17) is 21.3 Å². The Kier molecular flexibility index (Phi) is 7.09. The highest BCUT2D eigenvalue weighted by atomic mass is 35.5. The number of amides is 2. The van der Waals surface area contributed by atoms with Crippen molar-refractivity contribution in [1.82, 2.24) is 24.3 Å². The van der Waals surface area contributed by atoms with E-state index in [-0.39, 0.29) is 11.8 Å². The van der Waals surface area contributed by atoms with Crippen LogP contribution in [0.4, 0.5) is 17.2 Å². The first-order valence-corrected chi connectivity index (χ1v) is 13.0. The van der Waals surface area contributed by atoms with Gasteiger partial charge in [0, 0.05) is 60.4 Å². The zero-order chi connectivity index (χ0) is 27.5. The number of ether oxygens (including phenoxy) is 1. The van der Waals surface area contributed by atoms with Crippen LogP contribution >= 0.6 is 11.6 Å². The summed E-state index contributed by atoms with van der Waals surface area (Å²) >= 11 is 5.83. The molecule has 0 unspecified atom stereocenters. The minimum atomic E-state index is -0.294. The normalized spacial score (nSPS) is 13.3. The highest BCUT2D eigenvalue weighted by Crippen LogP contribution is 2.27. The molecule has 200 valence electrons. The third kappa shape index (κ3) is 5.49. The second-order valence-corrected chi connectivity index (χ2v) is 9.53. The molecule has 0 aliphatic carbocycles. The van der Waals surface area contributed by atoms with Gasteiger partial charge in [0.05, 0.1) is 24.5 Å². The summed E-state index contributed by atoms with van der Waals surface area (Å²) < 4.78 is 7.22. The van der Waals surface area contributed by atoms with Crippen LogP contribution in [0.3, 0.4) is 0 Å². The van der Waals surface area contributed by atoms with E-state index in [2.05, 4.69) is 20.6 Å². The summed E-state index contributed by atoms with van der Waals surface area (Å²) in [6.07, 6.45) is 6.85. The number of hydrogen-bond acceptors (Lipinski definition) is 7. The number of carbonyl (C=O) groups is 2. The molecule has 1 fully saturated rings. The Morgan fingerprint density at radius 3 is 2.50 bits per heavy atom. The molecule has 5 aromatic rings. The van der Waals surface area contributed by atoms with Gasteiger partial charge in [0.15, 0.2) is 11.5 Å². The molecule has 1 aliphatic heterocycles. The number of aromatic nitrogens is 4. The fourth-order valence-electron chi connectivity index (χ4n) is 4.41. The molecule has 2 N–H and O–H groups in total. The number of hydrogen-bond donors (Lipinski definition) is 2. The topological polar surface area (TPSA) is 114 Å². The third-order valence-corrected chi connectivity index (χ3v) is 6.70. The minimum absolute atomic E-state index is 0.00934. The Balaban J connectivity index is 1.23. The zero-order valence-electron chi connectivity index (χ0n) is 21.3. The third-order valence-electron chi connectivity index (χ3n) is 6.47. The second-order valence-electron chi connectivity index (χ2n) is 9.14. The smallest absolute Gasteiger partial charge is 0.257 e. The van der Waals surface area contributed by atoms with Gasteiger partial charge in [-0.15, -0.1) is 0 Å². The van der Waals surface area contributed by atoms with E-state index >= 15 is 0 Å². The van der Waals surface area contributed by atoms with Crippen LogP contribution in [0.25, 0.3) is 16.9 Å². The largest absolute Gasteiger partial charge is 0.378 e. The molecule has 6 rings (SSSR count). The maximum Gasteiger partial charge on any atom is 0.257 e. The number of pyridine rings is 1. The molecule has 1 saturated heterocycles. The average Bonchev–Trinajstić information content (AvgIpc) is 3.47. The van der Waals surface area contributed by atoms with Crippen LogP contribution in [-0.4, -0.2) is 62.4 Å². The molecule has 0 spiro atoms. The van der Waals surface area contributed by atoms with Crippen LogP contribution in [0, 0.1) is 0 Å². The summed E-state index contributed by atoms with van der Waals surface area (Å²) in [5.74, 6) is 0.249. The van der Waals surface area contributed by atoms with Crippen LogP contribution < -0.4 is 10.6 Å². The summed E-state index contributed by atoms with van der Waals surface area (Å²) in [5.41, 5.74) is 4.53. The molecular weight excluding hydrogens is 530 g/mol. The van der Waals surface area contributed by atoms with E-state index in [1.165, 1.54) is 6.20 Å². The monoisotopic (exact) mass is 553 g/mol. The van der Waals surface area contributed by atoms with Crippen molar-refractivity contribution in [2.45, 2.75) is 0 Å². The van der Waals surface area contributed by atoms with Gasteiger partial charge < -0.3 is 24.7 Å². The van der Waals surface area contributed by atoms with Gasteiger partial charge in [-0.25, -0.2) is 15.0 Å². The van der Waals surface area contributed by atoms with E-state index in [9.17, 15) is 9.59 Å². The van der Waals surface area contributed by atoms with Gasteiger partial charge >= 0.3 is 0 Å². The van der Waals surface area contributed by atoms with E-state index in [1.54, 1.807) is 41.4 Å². The Bertz CT molecular complexity index is 1680. The maximum atomic E-state index is 12.8. The lowest BCUT2D eigenvalue weighted by Crippen LogP contribution is -2.40. The van der Waals surface area contributed by atoms with Crippen molar-refractivity contribution in [3.05, 3.63) is 102 Å². The summed E-state index contributed by atoms with van der Waals surface area (Å²) in [6.45, 7) is 2.30. The second kappa shape index (κ2) is 11.1. The minimum Gasteiger partial charge on any atom is -0.378 e. The molecule has 0 atom stereocenters. The fourth-order valence-corrected chi connectivity index (χ4v) is 4.52. The summed E-state index contributed by atoms with van der Waals surface area (Å²) in [5, 5.41) is 6.55. The first kappa shape index (κ1) is 25.5. The van der Waals surface area contributed by atoms with Crippen molar-refractivity contribution < 1.29 is 14.3 Å². The number of carbonyl (C=O) groups excluding carboxylic acids is 2. The Labute approximate surface area is 234 Å². The lowest BCUT2D eigenvalue weighted by molar-refractivity contribution is 0.0303. The van der Waals surface area contributed by atoms with Gasteiger partial charge in [-0.05, 0) is 48.5 Å². The van der Waals surface area contributed by atoms with Crippen LogP contribution in [0.1, 0.15) is 20.7 Å². The molecule has 0 bridgehead atoms. The fraction of sp³-hybridized carbons (Fsp3) is 0.138. The maximum absolute atomic E-state index is 12.8. The van der Waals surface area contributed by atoms with Gasteiger partial charge in [-0.1, -0.05) is 23.7 Å². The molecular formula is C29H24ClN7O3. The lowest BCUT2D eigenvalue weighted by atomic mass is 10.1. The molecule has 40 heavy (non-hydrogen) atoms. The average molecular weight is 554 g/mol. The number of nitrogens with one attached hydrogen (secondary N) is 2. The Morgan fingerprint density at radius 2 is 1.73 bits per heavy atom. The number of rotatable bonds is 6. The summed E-state index contributed by atoms with van der Waals surface area (Å²) in [6, 6.07) is 17.9. The van der Waals surface area contributed by atoms with Gasteiger partial charge in [0.25, 0.3) is 11.8 Å². The van der Waals surface area contributed by atoms with E-state index in [0.717, 1.165) is 11.3 Å². The van der Waals surface area contributed by atoms with Crippen molar-refractivity contribution in [3.8, 4) is 11.3 Å². The number of halogens is 1. The number of imidazole rings is 1. The number of benzene rings is 2. The van der Waals surface area contributed by atoms with Crippen molar-refractivity contribution >= 4 is 46.3 Å². The number of fused-ring (bicyclic) bond motifs is 1. The molecule has 0 radical (unpaired) electrons. The number of anilines is 3. The molecule has 10 nitrogen and oxygen atoms in total. The van der Waals surface area contributed by atoms with E-state index in [0.29, 0.717) is 65.4 Å². The van der Waals surface area contributed by atoms with Crippen LogP contribution in [0.2, 0.25) is 5.15 Å². The predicted octanol–water partition coefficient (Wildman–Crippen LogP) is 4.91. The first-order chi connectivity index (χ1) is 19.5. The summed E-state index contributed by atoms with van der Waals surface area (Å²) in [7, 11) is 0. The number of nitrogens with zero attached hydrogens (tertiary/aromatic N) is 5. The SMILES string of the molecule is O=C(Nc1cccc(-c2cn3ccnc3c(Nc3ccc(C(=O)N4CCOCC4)cc3)n2)c1)c1ccc(Cl)nc1. The molecule has 3 aromatic heterocycles. The standard InChI is InChI=1S/C29H24ClN7O3/c30-25-9-6-21(17-32-25)28(38)34-23-3-1-2-20(16-23)24-18-37-11-10-31-27(37)26(35-24)33-22-7-4-19(5-8-22)29(39)36-12-14-40-15-13-36/h1-11,16-18H,12-15H2,(H,33,35)(H,34,38). The van der Waals surface area contributed by atoms with Crippen molar-refractivity contribution in [3.63, 3.8) is 0 Å². The van der Waals surface area contributed by atoms with E-state index < -0.39 is 0 Å². The quantitative estimate of drug-likeness (QED) is 0.287. The van der Waals surface area contributed by atoms with Crippen LogP contribution in [-0.2, 0) is 4.74 Å².